The Kier molecular flexibility index (Phi) is 5.11. The number of likely N-dealkylation sites (tertiary alicyclic amines) is 2. The number of rotatable bonds is 3. The number of methoxy groups -OCH3 is 1. The van der Waals surface area contributed by atoms with Gasteiger partial charge in [-0.1, -0.05) is 0 Å². The third-order valence-corrected chi connectivity index (χ3v) is 5.84. The van der Waals surface area contributed by atoms with Gasteiger partial charge in [0.1, 0.15) is 0 Å². The molecule has 0 bridgehead atoms. The first-order valence-electron chi connectivity index (χ1n) is 8.79. The van der Waals surface area contributed by atoms with E-state index in [9.17, 15) is 13.6 Å². The van der Waals surface area contributed by atoms with Gasteiger partial charge in [0, 0.05) is 38.3 Å². The van der Waals surface area contributed by atoms with Gasteiger partial charge in [0.2, 0.25) is 0 Å². The van der Waals surface area contributed by atoms with Crippen molar-refractivity contribution in [2.24, 2.45) is 5.41 Å². The van der Waals surface area contributed by atoms with Gasteiger partial charge < -0.3 is 14.5 Å². The van der Waals surface area contributed by atoms with Crippen LogP contribution in [0.5, 0.6) is 0 Å². The molecule has 2 heterocycles. The normalized spacial score (nSPS) is 23.4. The van der Waals surface area contributed by atoms with Crippen LogP contribution >= 0.6 is 0 Å². The average molecular weight is 352 g/mol. The van der Waals surface area contributed by atoms with Crippen molar-refractivity contribution in [1.82, 2.24) is 9.80 Å². The van der Waals surface area contributed by atoms with Crippen LogP contribution in [-0.4, -0.2) is 62.1 Å². The van der Waals surface area contributed by atoms with E-state index in [2.05, 4.69) is 11.9 Å². The molecule has 3 rings (SSSR count). The molecule has 0 N–H and O–H groups in total. The van der Waals surface area contributed by atoms with E-state index in [1.54, 1.807) is 18.9 Å². The highest BCUT2D eigenvalue weighted by Crippen LogP contribution is 2.43. The predicted octanol–water partition coefficient (Wildman–Crippen LogP) is 2.85. The molecule has 2 aliphatic rings. The molecule has 4 nitrogen and oxygen atoms in total. The minimum atomic E-state index is -0.970. The van der Waals surface area contributed by atoms with Crippen molar-refractivity contribution in [3.63, 3.8) is 0 Å². The molecular formula is C19H26F2N2O2. The lowest BCUT2D eigenvalue weighted by atomic mass is 9.76. The SMILES string of the molecule is COCC1CC2(CCN(C(=O)c3cc(F)c(F)cc3C)CC2)CN1C. The van der Waals surface area contributed by atoms with E-state index in [1.807, 2.05) is 0 Å². The number of likely N-dealkylation sites (N-methyl/N-ethyl adjacent to an activating group) is 1. The number of carbonyl (C=O) groups is 1. The minimum Gasteiger partial charge on any atom is -0.383 e. The maximum absolute atomic E-state index is 13.5. The predicted molar refractivity (Wildman–Crippen MR) is 91.6 cm³/mol. The fourth-order valence-electron chi connectivity index (χ4n) is 4.35. The summed E-state index contributed by atoms with van der Waals surface area (Å²) >= 11 is 0. The van der Waals surface area contributed by atoms with Gasteiger partial charge in [-0.15, -0.1) is 0 Å². The van der Waals surface area contributed by atoms with Gasteiger partial charge in [0.15, 0.2) is 11.6 Å². The standard InChI is InChI=1S/C19H26F2N2O2/c1-13-8-16(20)17(21)9-15(13)18(24)23-6-4-19(5-7-23)10-14(11-25-3)22(2)12-19/h8-9,14H,4-7,10-12H2,1-3H3. The Hall–Kier alpha value is -1.53. The third-order valence-electron chi connectivity index (χ3n) is 5.84. The lowest BCUT2D eigenvalue weighted by Crippen LogP contribution is -2.44. The highest BCUT2D eigenvalue weighted by molar-refractivity contribution is 5.95. The number of hydrogen-bond acceptors (Lipinski definition) is 3. The van der Waals surface area contributed by atoms with E-state index in [-0.39, 0.29) is 16.9 Å². The van der Waals surface area contributed by atoms with Crippen molar-refractivity contribution in [1.29, 1.82) is 0 Å². The Morgan fingerprint density at radius 1 is 1.28 bits per heavy atom. The summed E-state index contributed by atoms with van der Waals surface area (Å²) < 4.78 is 32.1. The number of amides is 1. The van der Waals surface area contributed by atoms with Crippen LogP contribution in [0.1, 0.15) is 35.2 Å². The number of aryl methyl sites for hydroxylation is 1. The zero-order valence-electron chi connectivity index (χ0n) is 15.1. The zero-order chi connectivity index (χ0) is 18.2. The Labute approximate surface area is 147 Å². The molecule has 1 aromatic carbocycles. The van der Waals surface area contributed by atoms with Crippen LogP contribution in [0.4, 0.5) is 8.78 Å². The Morgan fingerprint density at radius 3 is 2.56 bits per heavy atom. The number of carbonyl (C=O) groups excluding carboxylic acids is 1. The molecule has 1 spiro atoms. The topological polar surface area (TPSA) is 32.8 Å². The van der Waals surface area contributed by atoms with E-state index in [0.717, 1.165) is 44.5 Å². The molecule has 0 aliphatic carbocycles. The molecule has 1 aromatic rings. The fraction of sp³-hybridized carbons (Fsp3) is 0.632. The second kappa shape index (κ2) is 7.00. The molecule has 1 unspecified atom stereocenters. The summed E-state index contributed by atoms with van der Waals surface area (Å²) in [5.74, 6) is -2.09. The Balaban J connectivity index is 1.67. The van der Waals surface area contributed by atoms with Crippen molar-refractivity contribution >= 4 is 5.91 Å². The Bertz CT molecular complexity index is 657. The molecule has 1 amide bonds. The van der Waals surface area contributed by atoms with Crippen LogP contribution in [0, 0.1) is 24.0 Å². The summed E-state index contributed by atoms with van der Waals surface area (Å²) in [6.07, 6.45) is 2.96. The van der Waals surface area contributed by atoms with Gasteiger partial charge in [0.25, 0.3) is 5.91 Å². The number of hydrogen-bond donors (Lipinski definition) is 0. The highest BCUT2D eigenvalue weighted by atomic mass is 19.2. The quantitative estimate of drug-likeness (QED) is 0.839. The van der Waals surface area contributed by atoms with Crippen LogP contribution in [-0.2, 0) is 4.74 Å². The summed E-state index contributed by atoms with van der Waals surface area (Å²) in [4.78, 5) is 16.8. The molecule has 2 fully saturated rings. The Morgan fingerprint density at radius 2 is 1.92 bits per heavy atom. The molecule has 2 aliphatic heterocycles. The monoisotopic (exact) mass is 352 g/mol. The van der Waals surface area contributed by atoms with Crippen LogP contribution in [0.3, 0.4) is 0 Å². The zero-order valence-corrected chi connectivity index (χ0v) is 15.1. The van der Waals surface area contributed by atoms with E-state index < -0.39 is 11.6 Å². The molecule has 25 heavy (non-hydrogen) atoms. The number of piperidine rings is 1. The maximum atomic E-state index is 13.5. The number of halogens is 2. The second-order valence-corrected chi connectivity index (χ2v) is 7.60. The number of benzene rings is 1. The van der Waals surface area contributed by atoms with Gasteiger partial charge in [-0.25, -0.2) is 8.78 Å². The summed E-state index contributed by atoms with van der Waals surface area (Å²) in [5, 5.41) is 0. The highest BCUT2D eigenvalue weighted by Gasteiger charge is 2.44. The molecule has 2 saturated heterocycles. The molecule has 138 valence electrons. The van der Waals surface area contributed by atoms with Gasteiger partial charge in [-0.05, 0) is 56.3 Å². The van der Waals surface area contributed by atoms with Crippen molar-refractivity contribution in [3.8, 4) is 0 Å². The van der Waals surface area contributed by atoms with Gasteiger partial charge >= 0.3 is 0 Å². The molecular weight excluding hydrogens is 326 g/mol. The minimum absolute atomic E-state index is 0.203. The largest absolute Gasteiger partial charge is 0.383 e. The first-order valence-corrected chi connectivity index (χ1v) is 8.79. The summed E-state index contributed by atoms with van der Waals surface area (Å²) in [5.41, 5.74) is 0.971. The lowest BCUT2D eigenvalue weighted by Gasteiger charge is -2.39. The smallest absolute Gasteiger partial charge is 0.254 e. The molecule has 0 aromatic heterocycles. The first kappa shape index (κ1) is 18.3. The third kappa shape index (κ3) is 3.55. The van der Waals surface area contributed by atoms with Gasteiger partial charge in [0.05, 0.1) is 6.61 Å². The van der Waals surface area contributed by atoms with Crippen molar-refractivity contribution < 1.29 is 18.3 Å². The van der Waals surface area contributed by atoms with Gasteiger partial charge in [-0.2, -0.15) is 0 Å². The van der Waals surface area contributed by atoms with Crippen molar-refractivity contribution in [2.45, 2.75) is 32.2 Å². The molecule has 0 saturated carbocycles. The van der Waals surface area contributed by atoms with Gasteiger partial charge in [-0.3, -0.25) is 4.79 Å². The fourth-order valence-corrected chi connectivity index (χ4v) is 4.35. The maximum Gasteiger partial charge on any atom is 0.254 e. The summed E-state index contributed by atoms with van der Waals surface area (Å²) in [7, 11) is 3.85. The average Bonchev–Trinajstić information content (AvgIpc) is 2.87. The summed E-state index contributed by atoms with van der Waals surface area (Å²) in [6.45, 7) is 4.71. The second-order valence-electron chi connectivity index (χ2n) is 7.60. The van der Waals surface area contributed by atoms with Crippen molar-refractivity contribution in [2.75, 3.05) is 40.4 Å². The van der Waals surface area contributed by atoms with E-state index in [0.29, 0.717) is 24.7 Å². The molecule has 6 heteroatoms. The van der Waals surface area contributed by atoms with Crippen LogP contribution in [0.15, 0.2) is 12.1 Å². The first-order chi connectivity index (χ1) is 11.8. The lowest BCUT2D eigenvalue weighted by molar-refractivity contribution is 0.0590. The van der Waals surface area contributed by atoms with E-state index in [1.165, 1.54) is 0 Å². The van der Waals surface area contributed by atoms with Crippen LogP contribution < -0.4 is 0 Å². The number of nitrogens with zero attached hydrogens (tertiary/aromatic N) is 2. The van der Waals surface area contributed by atoms with E-state index in [4.69, 9.17) is 4.74 Å². The van der Waals surface area contributed by atoms with Crippen LogP contribution in [0.25, 0.3) is 0 Å². The van der Waals surface area contributed by atoms with Crippen molar-refractivity contribution in [3.05, 3.63) is 34.9 Å². The van der Waals surface area contributed by atoms with Crippen LogP contribution in [0.2, 0.25) is 0 Å². The number of ether oxygens (including phenoxy) is 1. The molecule has 1 atom stereocenters. The van der Waals surface area contributed by atoms with E-state index >= 15 is 0 Å². The molecule has 0 radical (unpaired) electrons. The summed E-state index contributed by atoms with van der Waals surface area (Å²) in [6, 6.07) is 2.55.